The van der Waals surface area contributed by atoms with Gasteiger partial charge in [-0.25, -0.2) is 9.18 Å². The van der Waals surface area contributed by atoms with Crippen LogP contribution in [0.5, 0.6) is 0 Å². The van der Waals surface area contributed by atoms with Crippen molar-refractivity contribution in [2.45, 2.75) is 13.0 Å². The fourth-order valence-corrected chi connectivity index (χ4v) is 2.74. The zero-order valence-corrected chi connectivity index (χ0v) is 14.0. The summed E-state index contributed by atoms with van der Waals surface area (Å²) in [7, 11) is 0. The number of hydrogen-bond acceptors (Lipinski definition) is 4. The number of nitrogens with zero attached hydrogens (tertiary/aromatic N) is 2. The summed E-state index contributed by atoms with van der Waals surface area (Å²) in [6.07, 6.45) is 3.34. The Morgan fingerprint density at radius 3 is 2.64 bits per heavy atom. The standard InChI is InChI=1S/C18H21FN4O2/c1-13(14-4-6-20-7-5-14)21-18(24)22-15-2-3-17(16(19)12-15)23-8-10-25-11-9-23/h2-7,12-13H,8-11H2,1H3,(H2,21,22,24)/t13-/m0/s1. The van der Waals surface area contributed by atoms with Crippen LogP contribution in [0.2, 0.25) is 0 Å². The summed E-state index contributed by atoms with van der Waals surface area (Å²) >= 11 is 0. The molecule has 2 aromatic rings. The molecule has 0 unspecified atom stereocenters. The number of ether oxygens (including phenoxy) is 1. The lowest BCUT2D eigenvalue weighted by atomic mass is 10.1. The number of aromatic nitrogens is 1. The van der Waals surface area contributed by atoms with Crippen molar-refractivity contribution in [2.24, 2.45) is 0 Å². The van der Waals surface area contributed by atoms with Gasteiger partial charge in [0.2, 0.25) is 0 Å². The van der Waals surface area contributed by atoms with E-state index in [1.54, 1.807) is 24.5 Å². The molecule has 0 radical (unpaired) electrons. The molecule has 25 heavy (non-hydrogen) atoms. The van der Waals surface area contributed by atoms with Crippen LogP contribution in [-0.2, 0) is 4.74 Å². The Kier molecular flexibility index (Phi) is 5.45. The molecule has 2 N–H and O–H groups in total. The number of nitrogens with one attached hydrogen (secondary N) is 2. The molecule has 1 saturated heterocycles. The molecule has 132 valence electrons. The maximum absolute atomic E-state index is 14.4. The van der Waals surface area contributed by atoms with Gasteiger partial charge in [-0.1, -0.05) is 0 Å². The van der Waals surface area contributed by atoms with Gasteiger partial charge in [0, 0.05) is 31.2 Å². The van der Waals surface area contributed by atoms with E-state index in [0.717, 1.165) is 5.56 Å². The van der Waals surface area contributed by atoms with Crippen molar-refractivity contribution in [1.29, 1.82) is 0 Å². The molecule has 1 atom stereocenters. The molecule has 0 spiro atoms. The zero-order valence-electron chi connectivity index (χ0n) is 14.0. The van der Waals surface area contributed by atoms with Crippen molar-refractivity contribution in [3.8, 4) is 0 Å². The molecular weight excluding hydrogens is 323 g/mol. The van der Waals surface area contributed by atoms with Crippen LogP contribution in [0.15, 0.2) is 42.7 Å². The van der Waals surface area contributed by atoms with Crippen LogP contribution in [0, 0.1) is 5.82 Å². The third kappa shape index (κ3) is 4.45. The molecule has 0 aliphatic carbocycles. The molecule has 2 amide bonds. The molecule has 2 heterocycles. The second-order valence-corrected chi connectivity index (χ2v) is 5.87. The highest BCUT2D eigenvalue weighted by Gasteiger charge is 2.16. The first kappa shape index (κ1) is 17.2. The van der Waals surface area contributed by atoms with Crippen molar-refractivity contribution in [2.75, 3.05) is 36.5 Å². The van der Waals surface area contributed by atoms with E-state index in [1.165, 1.54) is 6.07 Å². The van der Waals surface area contributed by atoms with Crippen molar-refractivity contribution in [1.82, 2.24) is 10.3 Å². The van der Waals surface area contributed by atoms with Gasteiger partial charge in [-0.15, -0.1) is 0 Å². The number of amides is 2. The molecule has 0 saturated carbocycles. The minimum atomic E-state index is -0.386. The molecule has 6 nitrogen and oxygen atoms in total. The minimum absolute atomic E-state index is 0.180. The largest absolute Gasteiger partial charge is 0.378 e. The fraction of sp³-hybridized carbons (Fsp3) is 0.333. The first-order valence-corrected chi connectivity index (χ1v) is 8.23. The summed E-state index contributed by atoms with van der Waals surface area (Å²) in [5.74, 6) is -0.359. The normalized spacial score (nSPS) is 15.5. The molecule has 1 aliphatic rings. The van der Waals surface area contributed by atoms with Crippen LogP contribution in [0.3, 0.4) is 0 Å². The van der Waals surface area contributed by atoms with Gasteiger partial charge in [-0.05, 0) is 42.8 Å². The quantitative estimate of drug-likeness (QED) is 0.895. The lowest BCUT2D eigenvalue weighted by molar-refractivity contribution is 0.122. The molecule has 1 aromatic heterocycles. The smallest absolute Gasteiger partial charge is 0.319 e. The van der Waals surface area contributed by atoms with Gasteiger partial charge in [0.1, 0.15) is 5.82 Å². The summed E-state index contributed by atoms with van der Waals surface area (Å²) < 4.78 is 19.6. The van der Waals surface area contributed by atoms with Gasteiger partial charge < -0.3 is 20.3 Å². The van der Waals surface area contributed by atoms with Gasteiger partial charge >= 0.3 is 6.03 Å². The Bertz CT molecular complexity index is 720. The zero-order chi connectivity index (χ0) is 17.6. The summed E-state index contributed by atoms with van der Waals surface area (Å²) in [5.41, 5.74) is 1.88. The SMILES string of the molecule is C[C@H](NC(=O)Nc1ccc(N2CCOCC2)c(F)c1)c1ccncc1. The first-order chi connectivity index (χ1) is 12.1. The predicted octanol–water partition coefficient (Wildman–Crippen LogP) is 2.94. The van der Waals surface area contributed by atoms with E-state index < -0.39 is 0 Å². The second-order valence-electron chi connectivity index (χ2n) is 5.87. The third-order valence-electron chi connectivity index (χ3n) is 4.11. The minimum Gasteiger partial charge on any atom is -0.378 e. The number of pyridine rings is 1. The van der Waals surface area contributed by atoms with E-state index in [-0.39, 0.29) is 17.9 Å². The van der Waals surface area contributed by atoms with Crippen molar-refractivity contribution < 1.29 is 13.9 Å². The maximum Gasteiger partial charge on any atom is 0.319 e. The van der Waals surface area contributed by atoms with Crippen LogP contribution >= 0.6 is 0 Å². The van der Waals surface area contributed by atoms with E-state index in [9.17, 15) is 9.18 Å². The van der Waals surface area contributed by atoms with Gasteiger partial charge in [0.25, 0.3) is 0 Å². The number of urea groups is 1. The molecule has 7 heteroatoms. The number of carbonyl (C=O) groups excluding carboxylic acids is 1. The van der Waals surface area contributed by atoms with E-state index >= 15 is 0 Å². The Morgan fingerprint density at radius 1 is 1.24 bits per heavy atom. The Balaban J connectivity index is 1.60. The Labute approximate surface area is 146 Å². The number of carbonyl (C=O) groups is 1. The predicted molar refractivity (Wildman–Crippen MR) is 94.2 cm³/mol. The lowest BCUT2D eigenvalue weighted by Crippen LogP contribution is -2.36. The summed E-state index contributed by atoms with van der Waals surface area (Å²) in [5, 5.41) is 5.48. The van der Waals surface area contributed by atoms with E-state index in [1.807, 2.05) is 24.0 Å². The van der Waals surface area contributed by atoms with Crippen molar-refractivity contribution >= 4 is 17.4 Å². The molecule has 3 rings (SSSR count). The van der Waals surface area contributed by atoms with E-state index in [4.69, 9.17) is 4.74 Å². The Hall–Kier alpha value is -2.67. The average Bonchev–Trinajstić information content (AvgIpc) is 2.63. The first-order valence-electron chi connectivity index (χ1n) is 8.23. The highest BCUT2D eigenvalue weighted by atomic mass is 19.1. The van der Waals surface area contributed by atoms with Crippen LogP contribution in [0.4, 0.5) is 20.6 Å². The highest BCUT2D eigenvalue weighted by molar-refractivity contribution is 5.89. The number of morpholine rings is 1. The van der Waals surface area contributed by atoms with Gasteiger partial charge in [-0.2, -0.15) is 0 Å². The fourth-order valence-electron chi connectivity index (χ4n) is 2.74. The maximum atomic E-state index is 14.4. The number of halogens is 1. The summed E-state index contributed by atoms with van der Waals surface area (Å²) in [6.45, 7) is 4.38. The monoisotopic (exact) mass is 344 g/mol. The van der Waals surface area contributed by atoms with E-state index in [0.29, 0.717) is 37.7 Å². The topological polar surface area (TPSA) is 66.5 Å². The number of hydrogen-bond donors (Lipinski definition) is 2. The number of anilines is 2. The molecule has 1 fully saturated rings. The average molecular weight is 344 g/mol. The Morgan fingerprint density at radius 2 is 1.96 bits per heavy atom. The highest BCUT2D eigenvalue weighted by Crippen LogP contribution is 2.23. The molecule has 1 aromatic carbocycles. The van der Waals surface area contributed by atoms with Crippen LogP contribution in [-0.4, -0.2) is 37.3 Å². The number of rotatable bonds is 4. The molecular formula is C18H21FN4O2. The van der Waals surface area contributed by atoms with Crippen molar-refractivity contribution in [3.63, 3.8) is 0 Å². The van der Waals surface area contributed by atoms with Gasteiger partial charge in [0.05, 0.1) is 24.9 Å². The van der Waals surface area contributed by atoms with Crippen molar-refractivity contribution in [3.05, 3.63) is 54.1 Å². The lowest BCUT2D eigenvalue weighted by Gasteiger charge is -2.29. The molecule has 0 bridgehead atoms. The van der Waals surface area contributed by atoms with Gasteiger partial charge in [-0.3, -0.25) is 4.98 Å². The number of benzene rings is 1. The molecule has 1 aliphatic heterocycles. The summed E-state index contributed by atoms with van der Waals surface area (Å²) in [4.78, 5) is 18.0. The van der Waals surface area contributed by atoms with Gasteiger partial charge in [0.15, 0.2) is 0 Å². The van der Waals surface area contributed by atoms with Crippen LogP contribution < -0.4 is 15.5 Å². The third-order valence-corrected chi connectivity index (χ3v) is 4.11. The second kappa shape index (κ2) is 7.94. The van der Waals surface area contributed by atoms with E-state index in [2.05, 4.69) is 15.6 Å². The summed E-state index contributed by atoms with van der Waals surface area (Å²) in [6, 6.07) is 7.82. The van der Waals surface area contributed by atoms with Crippen LogP contribution in [0.25, 0.3) is 0 Å². The van der Waals surface area contributed by atoms with Crippen LogP contribution in [0.1, 0.15) is 18.5 Å².